The molecular formula is C10H21F2N. The van der Waals surface area contributed by atoms with E-state index in [1.807, 2.05) is 25.8 Å². The summed E-state index contributed by atoms with van der Waals surface area (Å²) in [4.78, 5) is 1.95. The van der Waals surface area contributed by atoms with Crippen molar-refractivity contribution in [2.75, 3.05) is 13.6 Å². The highest BCUT2D eigenvalue weighted by Crippen LogP contribution is 2.24. The second kappa shape index (κ2) is 5.53. The van der Waals surface area contributed by atoms with Crippen LogP contribution in [0.25, 0.3) is 0 Å². The van der Waals surface area contributed by atoms with E-state index in [1.54, 1.807) is 6.92 Å². The molecule has 0 aromatic heterocycles. The standard InChI is InChI=1S/C10H21F2N/c1-5-6-10(11,12)7-8-13(4)9(2)3/h9H,5-8H2,1-4H3. The first-order valence-electron chi connectivity index (χ1n) is 4.97. The van der Waals surface area contributed by atoms with Gasteiger partial charge < -0.3 is 4.90 Å². The van der Waals surface area contributed by atoms with Gasteiger partial charge >= 0.3 is 0 Å². The van der Waals surface area contributed by atoms with Crippen molar-refractivity contribution in [3.8, 4) is 0 Å². The summed E-state index contributed by atoms with van der Waals surface area (Å²) in [5.74, 6) is -2.47. The lowest BCUT2D eigenvalue weighted by molar-refractivity contribution is -0.0246. The molecule has 80 valence electrons. The quantitative estimate of drug-likeness (QED) is 0.626. The average Bonchev–Trinajstić information content (AvgIpc) is 2.00. The fraction of sp³-hybridized carbons (Fsp3) is 1.00. The molecule has 0 saturated heterocycles. The van der Waals surface area contributed by atoms with Gasteiger partial charge in [0.25, 0.3) is 0 Å². The first kappa shape index (κ1) is 12.8. The third kappa shape index (κ3) is 5.97. The van der Waals surface area contributed by atoms with Gasteiger partial charge in [0.15, 0.2) is 0 Å². The van der Waals surface area contributed by atoms with Crippen molar-refractivity contribution in [1.82, 2.24) is 4.90 Å². The summed E-state index contributed by atoms with van der Waals surface area (Å²) < 4.78 is 26.0. The molecule has 0 aliphatic carbocycles. The van der Waals surface area contributed by atoms with Crippen molar-refractivity contribution in [2.24, 2.45) is 0 Å². The molecule has 0 unspecified atom stereocenters. The molecule has 0 heterocycles. The minimum absolute atomic E-state index is 0.0128. The van der Waals surface area contributed by atoms with E-state index >= 15 is 0 Å². The molecule has 13 heavy (non-hydrogen) atoms. The topological polar surface area (TPSA) is 3.24 Å². The van der Waals surface area contributed by atoms with E-state index in [-0.39, 0.29) is 12.8 Å². The van der Waals surface area contributed by atoms with Crippen molar-refractivity contribution >= 4 is 0 Å². The monoisotopic (exact) mass is 193 g/mol. The number of nitrogens with zero attached hydrogens (tertiary/aromatic N) is 1. The first-order valence-corrected chi connectivity index (χ1v) is 4.97. The Balaban J connectivity index is 3.73. The van der Waals surface area contributed by atoms with Crippen LogP contribution in [0, 0.1) is 0 Å². The lowest BCUT2D eigenvalue weighted by Crippen LogP contribution is -2.31. The predicted molar refractivity (Wildman–Crippen MR) is 52.2 cm³/mol. The van der Waals surface area contributed by atoms with Crippen LogP contribution in [0.4, 0.5) is 8.78 Å². The van der Waals surface area contributed by atoms with E-state index in [4.69, 9.17) is 0 Å². The summed E-state index contributed by atoms with van der Waals surface area (Å²) in [6.45, 7) is 6.29. The molecule has 3 heteroatoms. The normalized spacial score (nSPS) is 12.9. The van der Waals surface area contributed by atoms with E-state index in [0.29, 0.717) is 19.0 Å². The molecule has 0 rings (SSSR count). The SMILES string of the molecule is CCCC(F)(F)CCN(C)C(C)C. The first-order chi connectivity index (χ1) is 5.89. The summed E-state index contributed by atoms with van der Waals surface area (Å²) in [6, 6.07) is 0.345. The number of rotatable bonds is 6. The number of alkyl halides is 2. The molecule has 0 aliphatic heterocycles. The van der Waals surface area contributed by atoms with Gasteiger partial charge in [0.05, 0.1) is 0 Å². The molecule has 0 amide bonds. The van der Waals surface area contributed by atoms with Crippen LogP contribution in [0.1, 0.15) is 40.0 Å². The fourth-order valence-corrected chi connectivity index (χ4v) is 1.09. The maximum absolute atomic E-state index is 13.0. The van der Waals surface area contributed by atoms with Gasteiger partial charge in [0.2, 0.25) is 5.92 Å². The molecule has 0 bridgehead atoms. The molecule has 0 aliphatic rings. The molecule has 0 N–H and O–H groups in total. The molecule has 0 saturated carbocycles. The second-order valence-electron chi connectivity index (χ2n) is 3.93. The van der Waals surface area contributed by atoms with Gasteiger partial charge in [0, 0.05) is 25.4 Å². The fourth-order valence-electron chi connectivity index (χ4n) is 1.09. The third-order valence-corrected chi connectivity index (χ3v) is 2.33. The Bertz CT molecular complexity index is 135. The largest absolute Gasteiger partial charge is 0.304 e. The zero-order valence-electron chi connectivity index (χ0n) is 9.11. The van der Waals surface area contributed by atoms with Gasteiger partial charge in [-0.15, -0.1) is 0 Å². The van der Waals surface area contributed by atoms with Gasteiger partial charge in [-0.05, 0) is 20.9 Å². The van der Waals surface area contributed by atoms with Crippen molar-refractivity contribution in [1.29, 1.82) is 0 Å². The summed E-state index contributed by atoms with van der Waals surface area (Å²) in [5, 5.41) is 0. The summed E-state index contributed by atoms with van der Waals surface area (Å²) in [5.41, 5.74) is 0. The average molecular weight is 193 g/mol. The highest BCUT2D eigenvalue weighted by molar-refractivity contribution is 4.68. The minimum Gasteiger partial charge on any atom is -0.304 e. The van der Waals surface area contributed by atoms with Gasteiger partial charge in [-0.25, -0.2) is 8.78 Å². The Morgan fingerprint density at radius 3 is 2.15 bits per heavy atom. The molecule has 0 radical (unpaired) electrons. The van der Waals surface area contributed by atoms with Gasteiger partial charge in [-0.1, -0.05) is 13.3 Å². The van der Waals surface area contributed by atoms with Gasteiger partial charge in [0.1, 0.15) is 0 Å². The minimum atomic E-state index is -2.47. The van der Waals surface area contributed by atoms with Crippen molar-refractivity contribution in [2.45, 2.75) is 52.0 Å². The van der Waals surface area contributed by atoms with Crippen molar-refractivity contribution < 1.29 is 8.78 Å². The van der Waals surface area contributed by atoms with Crippen LogP contribution >= 0.6 is 0 Å². The van der Waals surface area contributed by atoms with Gasteiger partial charge in [-0.3, -0.25) is 0 Å². The van der Waals surface area contributed by atoms with Crippen molar-refractivity contribution in [3.63, 3.8) is 0 Å². The van der Waals surface area contributed by atoms with Crippen LogP contribution in [0.15, 0.2) is 0 Å². The van der Waals surface area contributed by atoms with E-state index in [1.165, 1.54) is 0 Å². The molecule has 0 fully saturated rings. The Morgan fingerprint density at radius 2 is 1.77 bits per heavy atom. The Hall–Kier alpha value is -0.180. The zero-order valence-corrected chi connectivity index (χ0v) is 9.11. The van der Waals surface area contributed by atoms with E-state index < -0.39 is 5.92 Å². The molecule has 0 aromatic rings. The third-order valence-electron chi connectivity index (χ3n) is 2.33. The van der Waals surface area contributed by atoms with E-state index in [9.17, 15) is 8.78 Å². The van der Waals surface area contributed by atoms with E-state index in [2.05, 4.69) is 0 Å². The molecule has 0 aromatic carbocycles. The van der Waals surface area contributed by atoms with Crippen LogP contribution in [0.3, 0.4) is 0 Å². The van der Waals surface area contributed by atoms with E-state index in [0.717, 1.165) is 0 Å². The Morgan fingerprint density at radius 1 is 1.23 bits per heavy atom. The van der Waals surface area contributed by atoms with Gasteiger partial charge in [-0.2, -0.15) is 0 Å². The molecule has 1 nitrogen and oxygen atoms in total. The highest BCUT2D eigenvalue weighted by Gasteiger charge is 2.27. The second-order valence-corrected chi connectivity index (χ2v) is 3.93. The van der Waals surface area contributed by atoms with Crippen LogP contribution < -0.4 is 0 Å². The molecule has 0 spiro atoms. The smallest absolute Gasteiger partial charge is 0.249 e. The van der Waals surface area contributed by atoms with Crippen LogP contribution in [0.5, 0.6) is 0 Å². The molecular weight excluding hydrogens is 172 g/mol. The zero-order chi connectivity index (χ0) is 10.5. The lowest BCUT2D eigenvalue weighted by Gasteiger charge is -2.24. The number of hydrogen-bond donors (Lipinski definition) is 0. The van der Waals surface area contributed by atoms with Crippen LogP contribution in [0.2, 0.25) is 0 Å². The predicted octanol–water partition coefficient (Wildman–Crippen LogP) is 3.15. The summed E-state index contributed by atoms with van der Waals surface area (Å²) in [6.07, 6.45) is 0.548. The maximum Gasteiger partial charge on any atom is 0.249 e. The Labute approximate surface area is 80.1 Å². The summed E-state index contributed by atoms with van der Waals surface area (Å²) >= 11 is 0. The van der Waals surface area contributed by atoms with Crippen molar-refractivity contribution in [3.05, 3.63) is 0 Å². The molecule has 0 atom stereocenters. The summed E-state index contributed by atoms with van der Waals surface area (Å²) in [7, 11) is 1.88. The number of halogens is 2. The Kier molecular flexibility index (Phi) is 5.45. The number of hydrogen-bond acceptors (Lipinski definition) is 1. The lowest BCUT2D eigenvalue weighted by atomic mass is 10.1. The maximum atomic E-state index is 13.0. The van der Waals surface area contributed by atoms with Crippen LogP contribution in [-0.2, 0) is 0 Å². The van der Waals surface area contributed by atoms with Crippen LogP contribution in [-0.4, -0.2) is 30.5 Å². The highest BCUT2D eigenvalue weighted by atomic mass is 19.3.